The van der Waals surface area contributed by atoms with Crippen LogP contribution in [0.5, 0.6) is 11.5 Å². The molecule has 1 heterocycles. The number of carbonyl (C=O) groups is 2. The van der Waals surface area contributed by atoms with Gasteiger partial charge in [-0.1, -0.05) is 24.3 Å². The Hall–Kier alpha value is -4.11. The fourth-order valence-electron chi connectivity index (χ4n) is 3.24. The van der Waals surface area contributed by atoms with Crippen LogP contribution < -0.4 is 16.2 Å². The number of anilines is 1. The molecule has 0 radical (unpaired) electrons. The molecule has 3 rings (SSSR count). The molecule has 0 fully saturated rings. The van der Waals surface area contributed by atoms with E-state index in [-0.39, 0.29) is 17.3 Å². The Morgan fingerprint density at radius 2 is 1.68 bits per heavy atom. The predicted octanol–water partition coefficient (Wildman–Crippen LogP) is 2.60. The van der Waals surface area contributed by atoms with E-state index < -0.39 is 5.91 Å². The second-order valence-electron chi connectivity index (χ2n) is 8.06. The molecule has 178 valence electrons. The minimum Gasteiger partial charge on any atom is -0.457 e. The molecule has 0 unspecified atom stereocenters. The van der Waals surface area contributed by atoms with Crippen LogP contribution in [-0.4, -0.2) is 65.6 Å². The van der Waals surface area contributed by atoms with Crippen molar-refractivity contribution in [3.05, 3.63) is 72.3 Å². The Morgan fingerprint density at radius 3 is 2.29 bits per heavy atom. The zero-order valence-electron chi connectivity index (χ0n) is 19.6. The molecule has 0 aliphatic carbocycles. The first-order valence-electron chi connectivity index (χ1n) is 10.8. The van der Waals surface area contributed by atoms with Crippen LogP contribution in [0, 0.1) is 0 Å². The number of ether oxygens (including phenoxy) is 1. The lowest BCUT2D eigenvalue weighted by Crippen LogP contribution is -2.29. The molecule has 9 nitrogen and oxygen atoms in total. The number of rotatable bonds is 10. The normalized spacial score (nSPS) is 11.2. The van der Waals surface area contributed by atoms with Crippen molar-refractivity contribution in [1.82, 2.24) is 19.6 Å². The standard InChI is InChI=1S/C25H30N6O3/c1-29(2)15-7-10-21(32)30(3)16-17-31-24(26)22(25(27)33)23(28-31)18-11-13-20(14-12-18)34-19-8-5-4-6-9-19/h4-14H,15-17,26H2,1-3H3,(H2,27,33). The average molecular weight is 463 g/mol. The molecule has 2 aromatic carbocycles. The van der Waals surface area contributed by atoms with Crippen LogP contribution >= 0.6 is 0 Å². The third-order valence-electron chi connectivity index (χ3n) is 5.10. The molecule has 34 heavy (non-hydrogen) atoms. The lowest BCUT2D eigenvalue weighted by Gasteiger charge is -2.15. The van der Waals surface area contributed by atoms with E-state index in [1.807, 2.05) is 49.3 Å². The molecule has 0 atom stereocenters. The van der Waals surface area contributed by atoms with Crippen LogP contribution in [0.15, 0.2) is 66.7 Å². The molecule has 2 amide bonds. The van der Waals surface area contributed by atoms with Crippen molar-refractivity contribution in [3.63, 3.8) is 0 Å². The number of nitrogens with zero attached hydrogens (tertiary/aromatic N) is 4. The SMILES string of the molecule is CN(C)CC=CC(=O)N(C)CCn1nc(-c2ccc(Oc3ccccc3)cc2)c(C(N)=O)c1N. The zero-order chi connectivity index (χ0) is 24.7. The molecule has 0 aliphatic heterocycles. The van der Waals surface area contributed by atoms with Gasteiger partial charge in [0.15, 0.2) is 0 Å². The van der Waals surface area contributed by atoms with Crippen molar-refractivity contribution in [3.8, 4) is 22.8 Å². The topological polar surface area (TPSA) is 120 Å². The summed E-state index contributed by atoms with van der Waals surface area (Å²) in [6, 6.07) is 16.6. The van der Waals surface area contributed by atoms with Crippen molar-refractivity contribution in [2.45, 2.75) is 6.54 Å². The fourth-order valence-corrected chi connectivity index (χ4v) is 3.24. The maximum atomic E-state index is 12.3. The molecule has 0 saturated heterocycles. The van der Waals surface area contributed by atoms with Gasteiger partial charge in [0.05, 0.1) is 6.54 Å². The highest BCUT2D eigenvalue weighted by atomic mass is 16.5. The Bertz CT molecular complexity index is 1150. The first-order valence-corrected chi connectivity index (χ1v) is 10.8. The average Bonchev–Trinajstić information content (AvgIpc) is 3.14. The third kappa shape index (κ3) is 6.23. The van der Waals surface area contributed by atoms with E-state index in [0.29, 0.717) is 36.6 Å². The summed E-state index contributed by atoms with van der Waals surface area (Å²) >= 11 is 0. The van der Waals surface area contributed by atoms with E-state index in [0.717, 1.165) is 5.75 Å². The molecule has 1 aromatic heterocycles. The number of para-hydroxylation sites is 1. The predicted molar refractivity (Wildman–Crippen MR) is 132 cm³/mol. The van der Waals surface area contributed by atoms with E-state index in [9.17, 15) is 9.59 Å². The maximum absolute atomic E-state index is 12.3. The monoisotopic (exact) mass is 462 g/mol. The number of likely N-dealkylation sites (N-methyl/N-ethyl adjacent to an activating group) is 2. The highest BCUT2D eigenvalue weighted by Gasteiger charge is 2.22. The van der Waals surface area contributed by atoms with Gasteiger partial charge in [-0.05, 0) is 50.5 Å². The second kappa shape index (κ2) is 11.2. The maximum Gasteiger partial charge on any atom is 0.254 e. The van der Waals surface area contributed by atoms with Gasteiger partial charge in [-0.15, -0.1) is 0 Å². The molecular weight excluding hydrogens is 432 g/mol. The Morgan fingerprint density at radius 1 is 1.03 bits per heavy atom. The number of benzene rings is 2. The smallest absolute Gasteiger partial charge is 0.254 e. The van der Waals surface area contributed by atoms with Crippen LogP contribution in [0.1, 0.15) is 10.4 Å². The van der Waals surface area contributed by atoms with Gasteiger partial charge in [0.2, 0.25) is 5.91 Å². The number of nitrogen functional groups attached to an aromatic ring is 1. The van der Waals surface area contributed by atoms with Crippen molar-refractivity contribution >= 4 is 17.6 Å². The van der Waals surface area contributed by atoms with E-state index in [4.69, 9.17) is 16.2 Å². The Balaban J connectivity index is 1.74. The molecule has 0 bridgehead atoms. The lowest BCUT2D eigenvalue weighted by atomic mass is 10.1. The molecule has 0 saturated carbocycles. The van der Waals surface area contributed by atoms with E-state index in [1.54, 1.807) is 42.3 Å². The summed E-state index contributed by atoms with van der Waals surface area (Å²) in [4.78, 5) is 27.9. The highest BCUT2D eigenvalue weighted by Crippen LogP contribution is 2.29. The minimum atomic E-state index is -0.667. The van der Waals surface area contributed by atoms with Crippen molar-refractivity contribution < 1.29 is 14.3 Å². The zero-order valence-corrected chi connectivity index (χ0v) is 19.6. The number of aromatic nitrogens is 2. The molecule has 0 aliphatic rings. The van der Waals surface area contributed by atoms with Crippen molar-refractivity contribution in [2.24, 2.45) is 5.73 Å². The minimum absolute atomic E-state index is 0.128. The summed E-state index contributed by atoms with van der Waals surface area (Å²) in [5.74, 6) is 0.731. The summed E-state index contributed by atoms with van der Waals surface area (Å²) in [6.07, 6.45) is 3.33. The summed E-state index contributed by atoms with van der Waals surface area (Å²) in [5, 5.41) is 4.52. The summed E-state index contributed by atoms with van der Waals surface area (Å²) in [5.41, 5.74) is 13.0. The number of nitrogens with two attached hydrogens (primary N) is 2. The van der Waals surface area contributed by atoms with E-state index in [2.05, 4.69) is 5.10 Å². The van der Waals surface area contributed by atoms with Crippen LogP contribution in [-0.2, 0) is 11.3 Å². The number of hydrogen-bond acceptors (Lipinski definition) is 6. The van der Waals surface area contributed by atoms with Gasteiger partial charge in [0.25, 0.3) is 5.91 Å². The largest absolute Gasteiger partial charge is 0.457 e. The van der Waals surface area contributed by atoms with Crippen LogP contribution in [0.2, 0.25) is 0 Å². The second-order valence-corrected chi connectivity index (χ2v) is 8.06. The van der Waals surface area contributed by atoms with Gasteiger partial charge in [-0.3, -0.25) is 9.59 Å². The Kier molecular flexibility index (Phi) is 8.05. The number of primary amides is 1. The van der Waals surface area contributed by atoms with Crippen molar-refractivity contribution in [2.75, 3.05) is 40.0 Å². The molecule has 4 N–H and O–H groups in total. The number of amides is 2. The van der Waals surface area contributed by atoms with Crippen LogP contribution in [0.25, 0.3) is 11.3 Å². The number of hydrogen-bond donors (Lipinski definition) is 2. The van der Waals surface area contributed by atoms with Crippen molar-refractivity contribution in [1.29, 1.82) is 0 Å². The quantitative estimate of drug-likeness (QED) is 0.447. The molecule has 0 spiro atoms. The van der Waals surface area contributed by atoms with Crippen LogP contribution in [0.4, 0.5) is 5.82 Å². The molecule has 3 aromatic rings. The third-order valence-corrected chi connectivity index (χ3v) is 5.10. The molecule has 9 heteroatoms. The summed E-state index contributed by atoms with van der Waals surface area (Å²) < 4.78 is 7.31. The van der Waals surface area contributed by atoms with Gasteiger partial charge < -0.3 is 26.0 Å². The summed E-state index contributed by atoms with van der Waals surface area (Å²) in [6.45, 7) is 1.34. The van der Waals surface area contributed by atoms with Gasteiger partial charge in [0.1, 0.15) is 28.6 Å². The molecular formula is C25H30N6O3. The fraction of sp³-hybridized carbons (Fsp3) is 0.240. The highest BCUT2D eigenvalue weighted by molar-refractivity contribution is 6.03. The first kappa shape index (κ1) is 24.5. The number of carbonyl (C=O) groups excluding carboxylic acids is 2. The summed E-state index contributed by atoms with van der Waals surface area (Å²) in [7, 11) is 5.55. The van der Waals surface area contributed by atoms with E-state index >= 15 is 0 Å². The van der Waals surface area contributed by atoms with Gasteiger partial charge >= 0.3 is 0 Å². The van der Waals surface area contributed by atoms with Gasteiger partial charge in [-0.25, -0.2) is 4.68 Å². The Labute approximate surface area is 199 Å². The first-order chi connectivity index (χ1) is 16.3. The lowest BCUT2D eigenvalue weighted by molar-refractivity contribution is -0.124. The van der Waals surface area contributed by atoms with Gasteiger partial charge in [-0.2, -0.15) is 5.10 Å². The van der Waals surface area contributed by atoms with Gasteiger partial charge in [0, 0.05) is 31.8 Å². The van der Waals surface area contributed by atoms with E-state index in [1.165, 1.54) is 10.8 Å². The van der Waals surface area contributed by atoms with Crippen LogP contribution in [0.3, 0.4) is 0 Å².